The van der Waals surface area contributed by atoms with Crippen LogP contribution < -0.4 is 15.4 Å². The van der Waals surface area contributed by atoms with E-state index in [-0.39, 0.29) is 0 Å². The van der Waals surface area contributed by atoms with Gasteiger partial charge in [-0.15, -0.1) is 0 Å². The van der Waals surface area contributed by atoms with Gasteiger partial charge in [0.05, 0.1) is 12.8 Å². The maximum atomic E-state index is 6.01. The van der Waals surface area contributed by atoms with Crippen LogP contribution in [0.5, 0.6) is 5.75 Å². The van der Waals surface area contributed by atoms with Gasteiger partial charge in [-0.1, -0.05) is 29.8 Å². The molecule has 0 bridgehead atoms. The minimum Gasteiger partial charge on any atom is -0.495 e. The highest BCUT2D eigenvalue weighted by Gasteiger charge is 2.06. The average molecular weight is 369 g/mol. The third-order valence-corrected chi connectivity index (χ3v) is 4.09. The molecule has 0 radical (unpaired) electrons. The van der Waals surface area contributed by atoms with Crippen LogP contribution in [0.15, 0.2) is 54.7 Å². The lowest BCUT2D eigenvalue weighted by molar-refractivity contribution is 0.416. The Morgan fingerprint density at radius 3 is 2.81 bits per heavy atom. The standard InChI is InChI=1S/C20H21ClN4O/c1-14-6-7-18(26-2)17(12-14)24-19-9-11-23-20(25-19)22-10-8-15-4-3-5-16(21)13-15/h3-7,9,11-13H,8,10H2,1-2H3,(H2,22,23,24,25). The number of aryl methyl sites for hydroxylation is 1. The van der Waals surface area contributed by atoms with Gasteiger partial charge < -0.3 is 15.4 Å². The summed E-state index contributed by atoms with van der Waals surface area (Å²) in [4.78, 5) is 8.78. The van der Waals surface area contributed by atoms with Crippen LogP contribution in [0.1, 0.15) is 11.1 Å². The Hall–Kier alpha value is -2.79. The van der Waals surface area contributed by atoms with Gasteiger partial charge in [0, 0.05) is 17.8 Å². The normalized spacial score (nSPS) is 10.4. The predicted molar refractivity (Wildman–Crippen MR) is 107 cm³/mol. The summed E-state index contributed by atoms with van der Waals surface area (Å²) in [5.41, 5.74) is 3.18. The van der Waals surface area contributed by atoms with Crippen molar-refractivity contribution in [2.75, 3.05) is 24.3 Å². The van der Waals surface area contributed by atoms with Crippen molar-refractivity contribution < 1.29 is 4.74 Å². The lowest BCUT2D eigenvalue weighted by Crippen LogP contribution is -2.08. The van der Waals surface area contributed by atoms with Crippen LogP contribution in [-0.4, -0.2) is 23.6 Å². The van der Waals surface area contributed by atoms with E-state index in [0.29, 0.717) is 11.8 Å². The molecular formula is C20H21ClN4O. The van der Waals surface area contributed by atoms with Crippen molar-refractivity contribution in [1.82, 2.24) is 9.97 Å². The molecule has 2 N–H and O–H groups in total. The quantitative estimate of drug-likeness (QED) is 0.624. The fourth-order valence-electron chi connectivity index (χ4n) is 2.58. The number of anilines is 3. The van der Waals surface area contributed by atoms with Crippen LogP contribution in [0, 0.1) is 6.92 Å². The van der Waals surface area contributed by atoms with Crippen molar-refractivity contribution in [2.24, 2.45) is 0 Å². The fraction of sp³-hybridized carbons (Fsp3) is 0.200. The highest BCUT2D eigenvalue weighted by molar-refractivity contribution is 6.30. The van der Waals surface area contributed by atoms with Crippen LogP contribution in [0.3, 0.4) is 0 Å². The van der Waals surface area contributed by atoms with E-state index in [9.17, 15) is 0 Å². The van der Waals surface area contributed by atoms with Gasteiger partial charge in [-0.05, 0) is 54.8 Å². The Morgan fingerprint density at radius 1 is 1.12 bits per heavy atom. The summed E-state index contributed by atoms with van der Waals surface area (Å²) in [5.74, 6) is 2.04. The van der Waals surface area contributed by atoms with Gasteiger partial charge in [0.25, 0.3) is 0 Å². The topological polar surface area (TPSA) is 59.1 Å². The summed E-state index contributed by atoms with van der Waals surface area (Å²) in [6, 6.07) is 15.6. The number of nitrogens with one attached hydrogen (secondary N) is 2. The number of rotatable bonds is 7. The molecule has 6 heteroatoms. The smallest absolute Gasteiger partial charge is 0.224 e. The van der Waals surface area contributed by atoms with E-state index in [1.54, 1.807) is 13.3 Å². The first-order valence-electron chi connectivity index (χ1n) is 8.37. The van der Waals surface area contributed by atoms with E-state index in [1.807, 2.05) is 49.4 Å². The molecule has 0 saturated heterocycles. The Kier molecular flexibility index (Phi) is 5.92. The molecule has 3 rings (SSSR count). The maximum absolute atomic E-state index is 6.01. The summed E-state index contributed by atoms with van der Waals surface area (Å²) in [6.45, 7) is 2.75. The predicted octanol–water partition coefficient (Wildman–Crippen LogP) is 4.85. The molecule has 3 aromatic rings. The Labute approximate surface area is 158 Å². The van der Waals surface area contributed by atoms with E-state index in [2.05, 4.69) is 26.7 Å². The van der Waals surface area contributed by atoms with Crippen LogP contribution in [-0.2, 0) is 6.42 Å². The molecule has 0 aliphatic carbocycles. The van der Waals surface area contributed by atoms with Crippen molar-refractivity contribution >= 4 is 29.1 Å². The lowest BCUT2D eigenvalue weighted by Gasteiger charge is -2.12. The molecule has 0 aliphatic heterocycles. The highest BCUT2D eigenvalue weighted by atomic mass is 35.5. The molecule has 2 aromatic carbocycles. The number of ether oxygens (including phenoxy) is 1. The van der Waals surface area contributed by atoms with Crippen molar-refractivity contribution in [2.45, 2.75) is 13.3 Å². The van der Waals surface area contributed by atoms with Crippen molar-refractivity contribution in [3.05, 3.63) is 70.9 Å². The SMILES string of the molecule is COc1ccc(C)cc1Nc1ccnc(NCCc2cccc(Cl)c2)n1. The van der Waals surface area contributed by atoms with E-state index >= 15 is 0 Å². The van der Waals surface area contributed by atoms with Gasteiger partial charge in [0.1, 0.15) is 11.6 Å². The summed E-state index contributed by atoms with van der Waals surface area (Å²) in [7, 11) is 1.65. The molecule has 1 heterocycles. The molecule has 26 heavy (non-hydrogen) atoms. The summed E-state index contributed by atoms with van der Waals surface area (Å²) < 4.78 is 5.39. The van der Waals surface area contributed by atoms with E-state index < -0.39 is 0 Å². The maximum Gasteiger partial charge on any atom is 0.224 e. The van der Waals surface area contributed by atoms with E-state index in [1.165, 1.54) is 5.56 Å². The number of hydrogen-bond acceptors (Lipinski definition) is 5. The van der Waals surface area contributed by atoms with Crippen LogP contribution in [0.25, 0.3) is 0 Å². The fourth-order valence-corrected chi connectivity index (χ4v) is 2.79. The van der Waals surface area contributed by atoms with Gasteiger partial charge in [-0.2, -0.15) is 4.98 Å². The van der Waals surface area contributed by atoms with Crippen LogP contribution in [0.2, 0.25) is 5.02 Å². The average Bonchev–Trinajstić information content (AvgIpc) is 2.62. The Morgan fingerprint density at radius 2 is 2.00 bits per heavy atom. The monoisotopic (exact) mass is 368 g/mol. The van der Waals surface area contributed by atoms with Gasteiger partial charge in [-0.25, -0.2) is 4.98 Å². The minimum absolute atomic E-state index is 0.573. The molecular weight excluding hydrogens is 348 g/mol. The number of nitrogens with zero attached hydrogens (tertiary/aromatic N) is 2. The lowest BCUT2D eigenvalue weighted by atomic mass is 10.1. The highest BCUT2D eigenvalue weighted by Crippen LogP contribution is 2.28. The largest absolute Gasteiger partial charge is 0.495 e. The molecule has 0 spiro atoms. The third-order valence-electron chi connectivity index (χ3n) is 3.86. The van der Waals surface area contributed by atoms with Crippen molar-refractivity contribution in [3.63, 3.8) is 0 Å². The molecule has 1 aromatic heterocycles. The van der Waals surface area contributed by atoms with Gasteiger partial charge in [-0.3, -0.25) is 0 Å². The summed E-state index contributed by atoms with van der Waals surface area (Å²) in [6.07, 6.45) is 2.56. The number of benzene rings is 2. The number of aromatic nitrogens is 2. The summed E-state index contributed by atoms with van der Waals surface area (Å²) in [5, 5.41) is 7.28. The number of halogens is 1. The zero-order valence-corrected chi connectivity index (χ0v) is 15.5. The zero-order valence-electron chi connectivity index (χ0n) is 14.8. The van der Waals surface area contributed by atoms with Crippen LogP contribution in [0.4, 0.5) is 17.5 Å². The Bertz CT molecular complexity index is 885. The Balaban J connectivity index is 1.64. The van der Waals surface area contributed by atoms with Crippen molar-refractivity contribution in [3.8, 4) is 5.75 Å². The second kappa shape index (κ2) is 8.54. The number of methoxy groups -OCH3 is 1. The van der Waals surface area contributed by atoms with Gasteiger partial charge in [0.15, 0.2) is 0 Å². The first-order valence-corrected chi connectivity index (χ1v) is 8.75. The second-order valence-corrected chi connectivity index (χ2v) is 6.34. The van der Waals surface area contributed by atoms with Crippen LogP contribution >= 0.6 is 11.6 Å². The third kappa shape index (κ3) is 4.86. The van der Waals surface area contributed by atoms with Gasteiger partial charge >= 0.3 is 0 Å². The molecule has 0 amide bonds. The molecule has 134 valence electrons. The molecule has 0 fully saturated rings. The van der Waals surface area contributed by atoms with E-state index in [0.717, 1.165) is 35.0 Å². The number of hydrogen-bond donors (Lipinski definition) is 2. The zero-order chi connectivity index (χ0) is 18.4. The molecule has 0 unspecified atom stereocenters. The van der Waals surface area contributed by atoms with Gasteiger partial charge in [0.2, 0.25) is 5.95 Å². The molecule has 0 atom stereocenters. The second-order valence-electron chi connectivity index (χ2n) is 5.90. The molecule has 5 nitrogen and oxygen atoms in total. The first-order chi connectivity index (χ1) is 12.6. The summed E-state index contributed by atoms with van der Waals surface area (Å²) >= 11 is 6.01. The molecule has 0 saturated carbocycles. The first kappa shape index (κ1) is 18.0. The van der Waals surface area contributed by atoms with E-state index in [4.69, 9.17) is 16.3 Å². The molecule has 0 aliphatic rings. The minimum atomic E-state index is 0.573. The van der Waals surface area contributed by atoms with Crippen molar-refractivity contribution in [1.29, 1.82) is 0 Å².